The Morgan fingerprint density at radius 3 is 2.65 bits per heavy atom. The van der Waals surface area contributed by atoms with Crippen molar-refractivity contribution >= 4 is 34.7 Å². The van der Waals surface area contributed by atoms with Gasteiger partial charge in [-0.15, -0.1) is 11.3 Å². The Hall–Kier alpha value is -3.09. The molecule has 0 bridgehead atoms. The number of ether oxygens (including phenoxy) is 1. The number of aromatic nitrogens is 2. The number of nitrogens with zero attached hydrogens (tertiary/aromatic N) is 2. The summed E-state index contributed by atoms with van der Waals surface area (Å²) in [5.41, 5.74) is 4.37. The number of amides is 1. The fourth-order valence-corrected chi connectivity index (χ4v) is 3.99. The summed E-state index contributed by atoms with van der Waals surface area (Å²) in [5, 5.41) is 9.78. The van der Waals surface area contributed by atoms with Crippen LogP contribution in [0.1, 0.15) is 31.9 Å². The molecule has 4 rings (SSSR count). The summed E-state index contributed by atoms with van der Waals surface area (Å²) in [7, 11) is 0. The molecule has 158 valence electrons. The van der Waals surface area contributed by atoms with E-state index in [0.29, 0.717) is 34.6 Å². The molecule has 31 heavy (non-hydrogen) atoms. The van der Waals surface area contributed by atoms with Crippen molar-refractivity contribution in [2.24, 2.45) is 0 Å². The number of carbonyl (C=O) groups excluding carboxylic acids is 1. The summed E-state index contributed by atoms with van der Waals surface area (Å²) in [6.07, 6.45) is 1.86. The maximum atomic E-state index is 12.6. The fraction of sp³-hybridized carbons (Fsp3) is 0.167. The molecule has 0 aliphatic rings. The van der Waals surface area contributed by atoms with Crippen LogP contribution in [-0.2, 0) is 13.2 Å². The highest BCUT2D eigenvalue weighted by Crippen LogP contribution is 2.27. The van der Waals surface area contributed by atoms with E-state index in [1.54, 1.807) is 10.7 Å². The Morgan fingerprint density at radius 2 is 1.84 bits per heavy atom. The molecule has 7 heteroatoms. The average molecular weight is 452 g/mol. The molecule has 0 aliphatic carbocycles. The van der Waals surface area contributed by atoms with Gasteiger partial charge in [0.1, 0.15) is 12.4 Å². The predicted molar refractivity (Wildman–Crippen MR) is 125 cm³/mol. The van der Waals surface area contributed by atoms with Gasteiger partial charge in [0.05, 0.1) is 16.4 Å². The molecule has 5 nitrogen and oxygen atoms in total. The van der Waals surface area contributed by atoms with Gasteiger partial charge in [0, 0.05) is 17.8 Å². The second-order valence-corrected chi connectivity index (χ2v) is 8.70. The summed E-state index contributed by atoms with van der Waals surface area (Å²) in [6, 6.07) is 17.6. The van der Waals surface area contributed by atoms with Gasteiger partial charge in [-0.25, -0.2) is 0 Å². The van der Waals surface area contributed by atoms with Crippen LogP contribution < -0.4 is 10.1 Å². The zero-order valence-electron chi connectivity index (χ0n) is 17.3. The lowest BCUT2D eigenvalue weighted by Crippen LogP contribution is -2.11. The molecule has 0 atom stereocenters. The monoisotopic (exact) mass is 451 g/mol. The SMILES string of the molecule is Cc1ccc(Cn2ccc(NC(=O)c3cc(COc4cc(C)ccc4Cl)cs3)n2)cc1. The van der Waals surface area contributed by atoms with Crippen molar-refractivity contribution < 1.29 is 9.53 Å². The van der Waals surface area contributed by atoms with Crippen LogP contribution in [0.5, 0.6) is 5.75 Å². The molecule has 0 aliphatic heterocycles. The molecule has 2 aromatic carbocycles. The van der Waals surface area contributed by atoms with E-state index < -0.39 is 0 Å². The number of aryl methyl sites for hydroxylation is 2. The van der Waals surface area contributed by atoms with Crippen molar-refractivity contribution in [2.75, 3.05) is 5.32 Å². The second kappa shape index (κ2) is 9.37. The molecule has 2 heterocycles. The molecule has 4 aromatic rings. The molecule has 0 unspecified atom stereocenters. The minimum absolute atomic E-state index is 0.189. The Kier molecular flexibility index (Phi) is 6.39. The first kappa shape index (κ1) is 21.2. The molecule has 0 fully saturated rings. The lowest BCUT2D eigenvalue weighted by molar-refractivity contribution is 0.103. The average Bonchev–Trinajstić information content (AvgIpc) is 3.40. The van der Waals surface area contributed by atoms with Crippen LogP contribution in [0, 0.1) is 13.8 Å². The summed E-state index contributed by atoms with van der Waals surface area (Å²) < 4.78 is 7.61. The lowest BCUT2D eigenvalue weighted by Gasteiger charge is -2.07. The number of hydrogen-bond donors (Lipinski definition) is 1. The first-order chi connectivity index (χ1) is 15.0. The Labute approximate surface area is 190 Å². The van der Waals surface area contributed by atoms with E-state index in [1.807, 2.05) is 42.8 Å². The van der Waals surface area contributed by atoms with Crippen LogP contribution in [0.15, 0.2) is 66.2 Å². The van der Waals surface area contributed by atoms with Gasteiger partial charge in [-0.3, -0.25) is 9.48 Å². The topological polar surface area (TPSA) is 56.2 Å². The number of nitrogens with one attached hydrogen (secondary N) is 1. The standard InChI is InChI=1S/C24H22ClN3O2S/c1-16-3-6-18(7-4-16)13-28-10-9-23(27-28)26-24(29)22-12-19(15-31-22)14-30-21-11-17(2)5-8-20(21)25/h3-12,15H,13-14H2,1-2H3,(H,26,27,29). The minimum atomic E-state index is -0.189. The predicted octanol–water partition coefficient (Wildman–Crippen LogP) is 6.09. The molecule has 0 spiro atoms. The zero-order chi connectivity index (χ0) is 21.8. The Morgan fingerprint density at radius 1 is 1.06 bits per heavy atom. The van der Waals surface area contributed by atoms with Crippen molar-refractivity contribution in [3.63, 3.8) is 0 Å². The van der Waals surface area contributed by atoms with Crippen molar-refractivity contribution in [1.29, 1.82) is 0 Å². The highest BCUT2D eigenvalue weighted by Gasteiger charge is 2.12. The third kappa shape index (κ3) is 5.54. The van der Waals surface area contributed by atoms with Crippen LogP contribution in [0.3, 0.4) is 0 Å². The maximum Gasteiger partial charge on any atom is 0.266 e. The number of hydrogen-bond acceptors (Lipinski definition) is 4. The molecule has 0 saturated carbocycles. The van der Waals surface area contributed by atoms with Gasteiger partial charge >= 0.3 is 0 Å². The van der Waals surface area contributed by atoms with Crippen LogP contribution in [0.2, 0.25) is 5.02 Å². The van der Waals surface area contributed by atoms with E-state index in [9.17, 15) is 4.79 Å². The van der Waals surface area contributed by atoms with Crippen LogP contribution >= 0.6 is 22.9 Å². The summed E-state index contributed by atoms with van der Waals surface area (Å²) in [4.78, 5) is 13.2. The van der Waals surface area contributed by atoms with E-state index in [1.165, 1.54) is 16.9 Å². The smallest absolute Gasteiger partial charge is 0.266 e. The zero-order valence-corrected chi connectivity index (χ0v) is 18.8. The molecule has 0 radical (unpaired) electrons. The number of anilines is 1. The fourth-order valence-electron chi connectivity index (χ4n) is 3.03. The largest absolute Gasteiger partial charge is 0.487 e. The van der Waals surface area contributed by atoms with Crippen molar-refractivity contribution in [3.05, 3.63) is 98.3 Å². The summed E-state index contributed by atoms with van der Waals surface area (Å²) >= 11 is 7.54. The number of halogens is 1. The maximum absolute atomic E-state index is 12.6. The number of carbonyl (C=O) groups is 1. The van der Waals surface area contributed by atoms with Gasteiger partial charge in [-0.1, -0.05) is 47.5 Å². The van der Waals surface area contributed by atoms with Gasteiger partial charge < -0.3 is 10.1 Å². The first-order valence-electron chi connectivity index (χ1n) is 9.83. The Bertz CT molecular complexity index is 1200. The van der Waals surface area contributed by atoms with E-state index in [2.05, 4.69) is 41.6 Å². The van der Waals surface area contributed by atoms with Crippen molar-refractivity contribution in [3.8, 4) is 5.75 Å². The third-order valence-electron chi connectivity index (χ3n) is 4.71. The van der Waals surface area contributed by atoms with E-state index in [4.69, 9.17) is 16.3 Å². The normalized spacial score (nSPS) is 10.8. The molecule has 1 N–H and O–H groups in total. The van der Waals surface area contributed by atoms with Crippen molar-refractivity contribution in [2.45, 2.75) is 27.0 Å². The van der Waals surface area contributed by atoms with Gasteiger partial charge in [-0.2, -0.15) is 5.10 Å². The van der Waals surface area contributed by atoms with Gasteiger partial charge in [-0.05, 0) is 48.6 Å². The van der Waals surface area contributed by atoms with E-state index in [-0.39, 0.29) is 5.91 Å². The van der Waals surface area contributed by atoms with E-state index >= 15 is 0 Å². The molecule has 1 amide bonds. The molecule has 0 saturated heterocycles. The Balaban J connectivity index is 1.34. The second-order valence-electron chi connectivity index (χ2n) is 7.38. The molecular formula is C24H22ClN3O2S. The van der Waals surface area contributed by atoms with Crippen molar-refractivity contribution in [1.82, 2.24) is 9.78 Å². The summed E-state index contributed by atoms with van der Waals surface area (Å²) in [5.74, 6) is 0.971. The highest BCUT2D eigenvalue weighted by atomic mass is 35.5. The number of thiophene rings is 1. The number of rotatable bonds is 7. The third-order valence-corrected chi connectivity index (χ3v) is 6.00. The van der Waals surface area contributed by atoms with Crippen LogP contribution in [0.4, 0.5) is 5.82 Å². The van der Waals surface area contributed by atoms with Gasteiger partial charge in [0.2, 0.25) is 0 Å². The first-order valence-corrected chi connectivity index (χ1v) is 11.1. The lowest BCUT2D eigenvalue weighted by atomic mass is 10.1. The van der Waals surface area contributed by atoms with Gasteiger partial charge in [0.25, 0.3) is 5.91 Å². The number of benzene rings is 2. The summed E-state index contributed by atoms with van der Waals surface area (Å²) in [6.45, 7) is 5.04. The quantitative estimate of drug-likeness (QED) is 0.369. The highest BCUT2D eigenvalue weighted by molar-refractivity contribution is 7.12. The van der Waals surface area contributed by atoms with Crippen LogP contribution in [0.25, 0.3) is 0 Å². The van der Waals surface area contributed by atoms with E-state index in [0.717, 1.165) is 16.7 Å². The molecular weight excluding hydrogens is 430 g/mol. The van der Waals surface area contributed by atoms with Crippen LogP contribution in [-0.4, -0.2) is 15.7 Å². The van der Waals surface area contributed by atoms with Gasteiger partial charge in [0.15, 0.2) is 5.82 Å². The minimum Gasteiger partial charge on any atom is -0.487 e. The molecule has 2 aromatic heterocycles.